The Morgan fingerprint density at radius 1 is 0.435 bits per heavy atom. The van der Waals surface area contributed by atoms with E-state index in [1.165, 1.54) is 15.9 Å². The van der Waals surface area contributed by atoms with Gasteiger partial charge in [-0.3, -0.25) is 0 Å². The van der Waals surface area contributed by atoms with Gasteiger partial charge in [-0.05, 0) is 60.2 Å². The number of aliphatic hydroxyl groups excluding tert-OH is 1. The molecule has 242 valence electrons. The molecule has 0 bridgehead atoms. The van der Waals surface area contributed by atoms with Gasteiger partial charge in [-0.2, -0.15) is 0 Å². The fourth-order valence-corrected chi connectivity index (χ4v) is 7.15. The van der Waals surface area contributed by atoms with E-state index in [4.69, 9.17) is 18.4 Å². The predicted octanol–water partition coefficient (Wildman–Crippen LogP) is 10.3. The Bertz CT molecular complexity index is 1360. The van der Waals surface area contributed by atoms with Crippen LogP contribution in [0.2, 0.25) is 0 Å². The molecule has 4 nitrogen and oxygen atoms in total. The molecule has 6 aromatic rings. The van der Waals surface area contributed by atoms with Crippen LogP contribution in [0.25, 0.3) is 0 Å². The minimum atomic E-state index is -0.446. The number of hydrogen-bond donors (Lipinski definition) is 1. The maximum absolute atomic E-state index is 8.55. The van der Waals surface area contributed by atoms with Gasteiger partial charge in [0.25, 0.3) is 0 Å². The molecular weight excluding hydrogens is 723 g/mol. The molecule has 1 N–H and O–H groups in total. The van der Waals surface area contributed by atoms with Gasteiger partial charge >= 0.3 is 0 Å². The highest BCUT2D eigenvalue weighted by atomic mass is 79.9. The molecule has 0 fully saturated rings. The summed E-state index contributed by atoms with van der Waals surface area (Å²) in [5.41, 5.74) is 0. The standard InChI is InChI=1S/C18H15P.2C7H9BrO.C7H10O2/c1-4-10-16(11-5-1)19(17-12-6-2-7-13-17)18-14-8-3-9-15-18;3*1-2-6-3-4-7(5-8)9-6/h1-15H;2*3-4H,2,5H2,1H3;3-4,8H,2,5H2,1H3. The lowest BCUT2D eigenvalue weighted by molar-refractivity contribution is 0.244. The maximum Gasteiger partial charge on any atom is 0.129 e. The number of benzene rings is 3. The first-order valence-corrected chi connectivity index (χ1v) is 19.0. The van der Waals surface area contributed by atoms with Crippen molar-refractivity contribution in [3.8, 4) is 0 Å². The average Bonchev–Trinajstić information content (AvgIpc) is 3.92. The Hall–Kier alpha value is -3.15. The summed E-state index contributed by atoms with van der Waals surface area (Å²) in [6.45, 7) is 6.17. The van der Waals surface area contributed by atoms with Crippen molar-refractivity contribution in [2.75, 3.05) is 0 Å². The van der Waals surface area contributed by atoms with E-state index >= 15 is 0 Å². The lowest BCUT2D eigenvalue weighted by Crippen LogP contribution is -2.20. The summed E-state index contributed by atoms with van der Waals surface area (Å²) >= 11 is 6.61. The molecule has 3 aromatic heterocycles. The normalized spacial score (nSPS) is 10.2. The molecule has 0 unspecified atom stereocenters. The molecule has 0 aliphatic rings. The summed E-state index contributed by atoms with van der Waals surface area (Å²) in [6.07, 6.45) is 2.85. The van der Waals surface area contributed by atoms with Crippen molar-refractivity contribution < 1.29 is 18.4 Å². The minimum absolute atomic E-state index is 0. The molecule has 0 amide bonds. The van der Waals surface area contributed by atoms with Crippen molar-refractivity contribution in [2.24, 2.45) is 0 Å². The molecule has 6 rings (SSSR count). The number of alkyl halides is 2. The first-order chi connectivity index (χ1) is 22.5. The van der Waals surface area contributed by atoms with Crippen molar-refractivity contribution >= 4 is 55.7 Å². The molecule has 0 saturated heterocycles. The molecular formula is C39H43Br2O4P. The zero-order valence-electron chi connectivity index (χ0n) is 26.7. The highest BCUT2D eigenvalue weighted by molar-refractivity contribution is 9.08. The van der Waals surface area contributed by atoms with Gasteiger partial charge in [0.2, 0.25) is 0 Å². The van der Waals surface area contributed by atoms with Gasteiger partial charge < -0.3 is 18.4 Å². The van der Waals surface area contributed by atoms with Crippen LogP contribution in [0, 0.1) is 0 Å². The number of furan rings is 3. The van der Waals surface area contributed by atoms with E-state index in [0.717, 1.165) is 58.7 Å². The molecule has 0 aliphatic heterocycles. The zero-order chi connectivity index (χ0) is 33.0. The third-order valence-corrected chi connectivity index (χ3v) is 10.2. The molecule has 0 saturated carbocycles. The van der Waals surface area contributed by atoms with Crippen LogP contribution in [0.1, 0.15) is 55.3 Å². The zero-order valence-corrected chi connectivity index (χ0v) is 30.8. The Labute approximate surface area is 291 Å². The first-order valence-electron chi connectivity index (χ1n) is 15.5. The first kappa shape index (κ1) is 37.3. The second kappa shape index (κ2) is 21.6. The van der Waals surface area contributed by atoms with Gasteiger partial charge in [-0.25, -0.2) is 0 Å². The summed E-state index contributed by atoms with van der Waals surface area (Å²) in [5, 5.41) is 14.4. The quantitative estimate of drug-likeness (QED) is 0.118. The lowest BCUT2D eigenvalue weighted by atomic mass is 10.4. The van der Waals surface area contributed by atoms with E-state index in [1.807, 2.05) is 37.3 Å². The molecule has 0 atom stereocenters. The van der Waals surface area contributed by atoms with E-state index in [1.54, 1.807) is 6.07 Å². The third kappa shape index (κ3) is 12.6. The number of hydrogen-bond acceptors (Lipinski definition) is 4. The Kier molecular flexibility index (Phi) is 17.5. The molecule has 3 heterocycles. The van der Waals surface area contributed by atoms with Crippen LogP contribution < -0.4 is 15.9 Å². The third-order valence-electron chi connectivity index (χ3n) is 6.66. The average molecular weight is 767 g/mol. The van der Waals surface area contributed by atoms with Gasteiger partial charge in [0, 0.05) is 19.3 Å². The van der Waals surface area contributed by atoms with E-state index in [-0.39, 0.29) is 6.61 Å². The number of rotatable bonds is 9. The lowest BCUT2D eigenvalue weighted by Gasteiger charge is -2.18. The Balaban J connectivity index is 0.000000181. The van der Waals surface area contributed by atoms with Crippen LogP contribution in [-0.2, 0) is 36.5 Å². The van der Waals surface area contributed by atoms with Crippen molar-refractivity contribution in [1.29, 1.82) is 0 Å². The molecule has 7 heteroatoms. The molecule has 0 spiro atoms. The smallest absolute Gasteiger partial charge is 0.129 e. The number of aryl methyl sites for hydroxylation is 3. The van der Waals surface area contributed by atoms with Gasteiger partial charge in [0.1, 0.15) is 41.2 Å². The second-order valence-corrected chi connectivity index (χ2v) is 13.3. The monoisotopic (exact) mass is 764 g/mol. The van der Waals surface area contributed by atoms with Crippen LogP contribution in [0.5, 0.6) is 0 Å². The van der Waals surface area contributed by atoms with Crippen molar-refractivity contribution in [2.45, 2.75) is 57.3 Å². The highest BCUT2D eigenvalue weighted by Gasteiger charge is 2.15. The van der Waals surface area contributed by atoms with E-state index < -0.39 is 7.92 Å². The van der Waals surface area contributed by atoms with Crippen molar-refractivity contribution in [1.82, 2.24) is 0 Å². The molecule has 0 aliphatic carbocycles. The summed E-state index contributed by atoms with van der Waals surface area (Å²) in [7, 11) is -0.446. The largest absolute Gasteiger partial charge is 0.465 e. The predicted molar refractivity (Wildman–Crippen MR) is 201 cm³/mol. The fourth-order valence-electron chi connectivity index (χ4n) is 4.24. The van der Waals surface area contributed by atoms with Crippen molar-refractivity contribution in [3.63, 3.8) is 0 Å². The fraction of sp³-hybridized carbons (Fsp3) is 0.231. The van der Waals surface area contributed by atoms with Crippen LogP contribution in [0.15, 0.2) is 141 Å². The van der Waals surface area contributed by atoms with Crippen LogP contribution in [0.4, 0.5) is 0 Å². The van der Waals surface area contributed by atoms with E-state index in [9.17, 15) is 0 Å². The maximum atomic E-state index is 8.55. The SMILES string of the molecule is CCc1ccc(CBr)o1.CCc1ccc(CBr)o1.CCc1ccc(CO)o1.c1ccc(P(c2ccccc2)c2ccccc2)cc1. The molecule has 46 heavy (non-hydrogen) atoms. The van der Waals surface area contributed by atoms with E-state index in [0.29, 0.717) is 5.76 Å². The van der Waals surface area contributed by atoms with E-state index in [2.05, 4.69) is 137 Å². The van der Waals surface area contributed by atoms with Crippen molar-refractivity contribution in [3.05, 3.63) is 162 Å². The summed E-state index contributed by atoms with van der Waals surface area (Å²) < 4.78 is 15.8. The van der Waals surface area contributed by atoms with Crippen LogP contribution in [0.3, 0.4) is 0 Å². The number of aliphatic hydroxyl groups is 1. The molecule has 0 radical (unpaired) electrons. The number of halogens is 2. The minimum Gasteiger partial charge on any atom is -0.465 e. The summed E-state index contributed by atoms with van der Waals surface area (Å²) in [6, 6.07) is 44.0. The summed E-state index contributed by atoms with van der Waals surface area (Å²) in [5.74, 6) is 5.71. The van der Waals surface area contributed by atoms with Gasteiger partial charge in [0.05, 0.1) is 10.7 Å². The topological polar surface area (TPSA) is 59.7 Å². The Morgan fingerprint density at radius 3 is 0.935 bits per heavy atom. The Morgan fingerprint density at radius 2 is 0.717 bits per heavy atom. The van der Waals surface area contributed by atoms with Crippen LogP contribution >= 0.6 is 39.8 Å². The van der Waals surface area contributed by atoms with Gasteiger partial charge in [-0.15, -0.1) is 0 Å². The molecule has 3 aromatic carbocycles. The van der Waals surface area contributed by atoms with Crippen LogP contribution in [-0.4, -0.2) is 5.11 Å². The van der Waals surface area contributed by atoms with Gasteiger partial charge in [-0.1, -0.05) is 144 Å². The second-order valence-electron chi connectivity index (χ2n) is 9.93. The summed E-state index contributed by atoms with van der Waals surface area (Å²) in [4.78, 5) is 0. The highest BCUT2D eigenvalue weighted by Crippen LogP contribution is 2.32. The van der Waals surface area contributed by atoms with Gasteiger partial charge in [0.15, 0.2) is 0 Å².